The molecule has 1 heterocycles. The van der Waals surface area contributed by atoms with Crippen LogP contribution in [0.25, 0.3) is 10.9 Å². The van der Waals surface area contributed by atoms with Crippen molar-refractivity contribution in [1.29, 1.82) is 0 Å². The molecule has 2 aromatic rings. The standard InChI is InChI=1S/C17H22N2O5/c1-22-11-6-12-24-17(21)16-13-7-3-4-8-14(13)19(18-16)10-5-9-15(20)23-2/h3-4,7-8H,5-6,9-12H2,1-2H3. The van der Waals surface area contributed by atoms with Crippen LogP contribution in [-0.2, 0) is 25.5 Å². The predicted octanol–water partition coefficient (Wildman–Crippen LogP) is 2.18. The fourth-order valence-electron chi connectivity index (χ4n) is 2.36. The first-order chi connectivity index (χ1) is 11.7. The molecule has 0 spiro atoms. The van der Waals surface area contributed by atoms with Gasteiger partial charge in [-0.2, -0.15) is 5.10 Å². The highest BCUT2D eigenvalue weighted by atomic mass is 16.5. The summed E-state index contributed by atoms with van der Waals surface area (Å²) < 4.78 is 16.5. The number of carbonyl (C=O) groups excluding carboxylic acids is 2. The fraction of sp³-hybridized carbons (Fsp3) is 0.471. The van der Waals surface area contributed by atoms with Gasteiger partial charge in [0.25, 0.3) is 0 Å². The number of esters is 2. The molecular formula is C17H22N2O5. The second-order valence-electron chi connectivity index (χ2n) is 5.25. The zero-order valence-electron chi connectivity index (χ0n) is 14.0. The molecule has 7 nitrogen and oxygen atoms in total. The van der Waals surface area contributed by atoms with Crippen molar-refractivity contribution in [2.75, 3.05) is 27.4 Å². The van der Waals surface area contributed by atoms with E-state index in [0.717, 1.165) is 10.9 Å². The Balaban J connectivity index is 2.10. The van der Waals surface area contributed by atoms with Gasteiger partial charge < -0.3 is 14.2 Å². The van der Waals surface area contributed by atoms with Crippen LogP contribution < -0.4 is 0 Å². The molecule has 0 radical (unpaired) electrons. The zero-order chi connectivity index (χ0) is 17.4. The highest BCUT2D eigenvalue weighted by Crippen LogP contribution is 2.20. The van der Waals surface area contributed by atoms with Crippen molar-refractivity contribution in [3.63, 3.8) is 0 Å². The SMILES string of the molecule is COCCCOC(=O)c1nn(CCCC(=O)OC)c2ccccc12. The molecule has 2 rings (SSSR count). The molecule has 1 aromatic heterocycles. The van der Waals surface area contributed by atoms with Crippen LogP contribution >= 0.6 is 0 Å². The van der Waals surface area contributed by atoms with E-state index in [1.165, 1.54) is 7.11 Å². The molecule has 0 fully saturated rings. The number of methoxy groups -OCH3 is 2. The van der Waals surface area contributed by atoms with Crippen LogP contribution in [0, 0.1) is 0 Å². The highest BCUT2D eigenvalue weighted by molar-refractivity contribution is 6.02. The number of hydrogen-bond acceptors (Lipinski definition) is 6. The lowest BCUT2D eigenvalue weighted by atomic mass is 10.2. The number of para-hydroxylation sites is 1. The minimum atomic E-state index is -0.450. The number of rotatable bonds is 9. The molecule has 0 atom stereocenters. The third kappa shape index (κ3) is 4.55. The summed E-state index contributed by atoms with van der Waals surface area (Å²) in [5.74, 6) is -0.710. The average Bonchev–Trinajstić information content (AvgIpc) is 2.97. The predicted molar refractivity (Wildman–Crippen MR) is 87.8 cm³/mol. The zero-order valence-corrected chi connectivity index (χ0v) is 14.0. The molecule has 0 saturated carbocycles. The summed E-state index contributed by atoms with van der Waals surface area (Å²) in [4.78, 5) is 23.5. The van der Waals surface area contributed by atoms with Crippen molar-refractivity contribution in [3.05, 3.63) is 30.0 Å². The Morgan fingerprint density at radius 2 is 1.92 bits per heavy atom. The Hall–Kier alpha value is -2.41. The third-order valence-corrected chi connectivity index (χ3v) is 3.56. The van der Waals surface area contributed by atoms with Crippen molar-refractivity contribution in [1.82, 2.24) is 9.78 Å². The lowest BCUT2D eigenvalue weighted by Gasteiger charge is -2.03. The average molecular weight is 334 g/mol. The lowest BCUT2D eigenvalue weighted by Crippen LogP contribution is -2.10. The summed E-state index contributed by atoms with van der Waals surface area (Å²) in [5, 5.41) is 5.11. The van der Waals surface area contributed by atoms with Crippen molar-refractivity contribution in [2.24, 2.45) is 0 Å². The summed E-state index contributed by atoms with van der Waals surface area (Å²) in [5.41, 5.74) is 1.13. The molecule has 0 bridgehead atoms. The van der Waals surface area contributed by atoms with Gasteiger partial charge in [-0.3, -0.25) is 9.48 Å². The van der Waals surface area contributed by atoms with E-state index in [1.54, 1.807) is 11.8 Å². The van der Waals surface area contributed by atoms with Gasteiger partial charge in [0.05, 0.1) is 19.2 Å². The Bertz CT molecular complexity index is 695. The van der Waals surface area contributed by atoms with Gasteiger partial charge in [-0.1, -0.05) is 18.2 Å². The topological polar surface area (TPSA) is 79.7 Å². The van der Waals surface area contributed by atoms with Crippen molar-refractivity contribution < 1.29 is 23.8 Å². The molecule has 1 aromatic carbocycles. The van der Waals surface area contributed by atoms with Crippen LogP contribution in [0.15, 0.2) is 24.3 Å². The number of nitrogens with zero attached hydrogens (tertiary/aromatic N) is 2. The molecule has 0 unspecified atom stereocenters. The van der Waals surface area contributed by atoms with Crippen LogP contribution in [0.4, 0.5) is 0 Å². The van der Waals surface area contributed by atoms with Crippen LogP contribution in [0.3, 0.4) is 0 Å². The minimum Gasteiger partial charge on any atom is -0.469 e. The number of ether oxygens (including phenoxy) is 3. The Labute approximate surface area is 140 Å². The summed E-state index contributed by atoms with van der Waals surface area (Å²) in [7, 11) is 2.97. The molecular weight excluding hydrogens is 312 g/mol. The Morgan fingerprint density at radius 1 is 1.12 bits per heavy atom. The van der Waals surface area contributed by atoms with E-state index in [-0.39, 0.29) is 12.6 Å². The highest BCUT2D eigenvalue weighted by Gasteiger charge is 2.18. The maximum atomic E-state index is 12.3. The van der Waals surface area contributed by atoms with Gasteiger partial charge in [-0.25, -0.2) is 4.79 Å². The molecule has 7 heteroatoms. The van der Waals surface area contributed by atoms with Crippen LogP contribution in [0.2, 0.25) is 0 Å². The monoisotopic (exact) mass is 334 g/mol. The molecule has 0 aliphatic heterocycles. The van der Waals surface area contributed by atoms with Crippen molar-refractivity contribution in [2.45, 2.75) is 25.8 Å². The van der Waals surface area contributed by atoms with E-state index in [9.17, 15) is 9.59 Å². The van der Waals surface area contributed by atoms with Crippen LogP contribution in [-0.4, -0.2) is 49.2 Å². The quantitative estimate of drug-likeness (QED) is 0.516. The van der Waals surface area contributed by atoms with Gasteiger partial charge in [-0.15, -0.1) is 0 Å². The van der Waals surface area contributed by atoms with Crippen molar-refractivity contribution in [3.8, 4) is 0 Å². The number of aromatic nitrogens is 2. The maximum absolute atomic E-state index is 12.3. The van der Waals surface area contributed by atoms with Gasteiger partial charge in [0, 0.05) is 38.5 Å². The summed E-state index contributed by atoms with van der Waals surface area (Å²) in [6, 6.07) is 7.46. The minimum absolute atomic E-state index is 0.260. The smallest absolute Gasteiger partial charge is 0.359 e. The number of carbonyl (C=O) groups is 2. The number of benzene rings is 1. The van der Waals surface area contributed by atoms with E-state index in [1.807, 2.05) is 24.3 Å². The van der Waals surface area contributed by atoms with E-state index >= 15 is 0 Å². The molecule has 0 aliphatic rings. The van der Waals surface area contributed by atoms with Crippen LogP contribution in [0.1, 0.15) is 29.8 Å². The first-order valence-electron chi connectivity index (χ1n) is 7.85. The van der Waals surface area contributed by atoms with E-state index in [2.05, 4.69) is 9.84 Å². The first kappa shape index (κ1) is 17.9. The summed E-state index contributed by atoms with van der Waals surface area (Å²) in [6.45, 7) is 1.35. The molecule has 130 valence electrons. The second kappa shape index (κ2) is 9.02. The van der Waals surface area contributed by atoms with Crippen LogP contribution in [0.5, 0.6) is 0 Å². The lowest BCUT2D eigenvalue weighted by molar-refractivity contribution is -0.140. The Kier molecular flexibility index (Phi) is 6.74. The third-order valence-electron chi connectivity index (χ3n) is 3.56. The molecule has 24 heavy (non-hydrogen) atoms. The number of fused-ring (bicyclic) bond motifs is 1. The van der Waals surface area contributed by atoms with E-state index in [0.29, 0.717) is 38.1 Å². The fourth-order valence-corrected chi connectivity index (χ4v) is 2.36. The first-order valence-corrected chi connectivity index (χ1v) is 7.85. The largest absolute Gasteiger partial charge is 0.469 e. The van der Waals surface area contributed by atoms with Gasteiger partial charge >= 0.3 is 11.9 Å². The van der Waals surface area contributed by atoms with Gasteiger partial charge in [0.2, 0.25) is 0 Å². The molecule has 0 aliphatic carbocycles. The second-order valence-corrected chi connectivity index (χ2v) is 5.25. The number of hydrogen-bond donors (Lipinski definition) is 0. The molecule has 0 amide bonds. The number of aryl methyl sites for hydroxylation is 1. The van der Waals surface area contributed by atoms with E-state index < -0.39 is 5.97 Å². The van der Waals surface area contributed by atoms with E-state index in [4.69, 9.17) is 9.47 Å². The van der Waals surface area contributed by atoms with Gasteiger partial charge in [0.15, 0.2) is 5.69 Å². The Morgan fingerprint density at radius 3 is 2.67 bits per heavy atom. The summed E-state index contributed by atoms with van der Waals surface area (Å²) in [6.07, 6.45) is 1.53. The van der Waals surface area contributed by atoms with Crippen molar-refractivity contribution >= 4 is 22.8 Å². The normalized spacial score (nSPS) is 10.8. The summed E-state index contributed by atoms with van der Waals surface area (Å²) >= 11 is 0. The molecule has 0 saturated heterocycles. The maximum Gasteiger partial charge on any atom is 0.359 e. The molecule has 0 N–H and O–H groups in total. The van der Waals surface area contributed by atoms with Gasteiger partial charge in [0.1, 0.15) is 0 Å². The van der Waals surface area contributed by atoms with Gasteiger partial charge in [-0.05, 0) is 12.5 Å².